The minimum absolute atomic E-state index is 0.339. The molecule has 108 valence electrons. The van der Waals surface area contributed by atoms with E-state index in [4.69, 9.17) is 14.5 Å². The van der Waals surface area contributed by atoms with Crippen LogP contribution in [0, 0.1) is 25.4 Å². The van der Waals surface area contributed by atoms with Crippen LogP contribution in [0.5, 0.6) is 5.75 Å². The smallest absolute Gasteiger partial charge is 0.373 e. The lowest BCUT2D eigenvalue weighted by Crippen LogP contribution is -2.15. The van der Waals surface area contributed by atoms with Gasteiger partial charge in [-0.05, 0) is 42.9 Å². The molecule has 2 radical (unpaired) electrons. The second-order valence-electron chi connectivity index (χ2n) is 5.12. The van der Waals surface area contributed by atoms with E-state index in [2.05, 4.69) is 6.92 Å². The van der Waals surface area contributed by atoms with Crippen LogP contribution in [0.15, 0.2) is 24.3 Å². The van der Waals surface area contributed by atoms with Crippen LogP contribution in [0.2, 0.25) is 0 Å². The molecule has 0 heterocycles. The third-order valence-electron chi connectivity index (χ3n) is 3.57. The van der Waals surface area contributed by atoms with Crippen molar-refractivity contribution in [2.75, 3.05) is 7.11 Å². The molecule has 0 aromatic heterocycles. The number of hydrogen-bond acceptors (Lipinski definition) is 4. The van der Waals surface area contributed by atoms with E-state index >= 15 is 0 Å². The van der Waals surface area contributed by atoms with Crippen molar-refractivity contribution < 1.29 is 19.3 Å². The van der Waals surface area contributed by atoms with Crippen LogP contribution in [0.4, 0.5) is 0 Å². The average Bonchev–Trinajstić information content (AvgIpc) is 2.49. The van der Waals surface area contributed by atoms with E-state index in [0.29, 0.717) is 23.1 Å². The van der Waals surface area contributed by atoms with E-state index in [1.54, 1.807) is 38.0 Å². The van der Waals surface area contributed by atoms with Gasteiger partial charge in [0.05, 0.1) is 12.7 Å². The van der Waals surface area contributed by atoms with E-state index in [0.717, 1.165) is 25.7 Å². The maximum atomic E-state index is 11.8. The molecule has 4 heteroatoms. The van der Waals surface area contributed by atoms with Crippen LogP contribution >= 0.6 is 0 Å². The molecule has 20 heavy (non-hydrogen) atoms. The van der Waals surface area contributed by atoms with Gasteiger partial charge in [-0.2, -0.15) is 4.89 Å². The van der Waals surface area contributed by atoms with Gasteiger partial charge in [-0.25, -0.2) is 4.79 Å². The second-order valence-corrected chi connectivity index (χ2v) is 5.12. The number of hydrogen-bond donors (Lipinski definition) is 0. The Kier molecular flexibility index (Phi) is 5.41. The minimum Gasteiger partial charge on any atom is -0.497 e. The zero-order valence-electron chi connectivity index (χ0n) is 11.7. The molecule has 0 saturated heterocycles. The lowest BCUT2D eigenvalue weighted by atomic mass is 9.83. The maximum Gasteiger partial charge on any atom is 0.373 e. The van der Waals surface area contributed by atoms with Crippen molar-refractivity contribution in [2.45, 2.75) is 25.7 Å². The molecule has 0 amide bonds. The Balaban J connectivity index is 1.74. The fraction of sp³-hybridized carbons (Fsp3) is 0.438. The van der Waals surface area contributed by atoms with Crippen molar-refractivity contribution >= 4 is 5.97 Å². The van der Waals surface area contributed by atoms with Gasteiger partial charge in [0.15, 0.2) is 0 Å². The Morgan fingerprint density at radius 3 is 2.75 bits per heavy atom. The molecule has 0 atom stereocenters. The molecule has 0 N–H and O–H groups in total. The van der Waals surface area contributed by atoms with Crippen molar-refractivity contribution in [2.24, 2.45) is 11.8 Å². The maximum absolute atomic E-state index is 11.8. The first-order valence-corrected chi connectivity index (χ1v) is 6.87. The monoisotopic (exact) mass is 276 g/mol. The number of carbonyl (C=O) groups excluding carboxylic acids is 1. The first-order chi connectivity index (χ1) is 9.69. The summed E-state index contributed by atoms with van der Waals surface area (Å²) < 4.78 is 5.05. The van der Waals surface area contributed by atoms with Crippen LogP contribution in [0.25, 0.3) is 0 Å². The van der Waals surface area contributed by atoms with Crippen molar-refractivity contribution in [3.05, 3.63) is 43.4 Å². The quantitative estimate of drug-likeness (QED) is 0.609. The minimum atomic E-state index is -0.522. The molecular weight excluding hydrogens is 256 g/mol. The largest absolute Gasteiger partial charge is 0.497 e. The third kappa shape index (κ3) is 4.23. The van der Waals surface area contributed by atoms with Gasteiger partial charge >= 0.3 is 5.97 Å². The highest BCUT2D eigenvalue weighted by Crippen LogP contribution is 2.29. The van der Waals surface area contributed by atoms with Gasteiger partial charge in [0.2, 0.25) is 0 Å². The van der Waals surface area contributed by atoms with Gasteiger partial charge in [-0.15, -0.1) is 0 Å². The SMILES string of the molecule is [CH2]C1CCC([CH]OOC(=O)c2cccc(OC)c2)CC1. The van der Waals surface area contributed by atoms with Crippen molar-refractivity contribution in [3.63, 3.8) is 0 Å². The number of benzene rings is 1. The van der Waals surface area contributed by atoms with Gasteiger partial charge in [-0.1, -0.05) is 25.8 Å². The fourth-order valence-corrected chi connectivity index (χ4v) is 2.27. The summed E-state index contributed by atoms with van der Waals surface area (Å²) in [5.74, 6) is 0.966. The molecule has 1 saturated carbocycles. The zero-order chi connectivity index (χ0) is 14.4. The molecule has 1 aliphatic rings. The number of rotatable bonds is 5. The molecule has 0 unspecified atom stereocenters. The molecule has 0 aliphatic heterocycles. The number of carbonyl (C=O) groups is 1. The van der Waals surface area contributed by atoms with Gasteiger partial charge in [-0.3, -0.25) is 4.89 Å². The molecule has 1 aromatic carbocycles. The highest BCUT2D eigenvalue weighted by molar-refractivity contribution is 5.89. The van der Waals surface area contributed by atoms with Gasteiger partial charge in [0.1, 0.15) is 12.4 Å². The zero-order valence-corrected chi connectivity index (χ0v) is 11.7. The topological polar surface area (TPSA) is 44.8 Å². The summed E-state index contributed by atoms with van der Waals surface area (Å²) >= 11 is 0. The van der Waals surface area contributed by atoms with E-state index in [9.17, 15) is 4.79 Å². The summed E-state index contributed by atoms with van der Waals surface area (Å²) in [7, 11) is 1.55. The predicted octanol–water partition coefficient (Wildman–Crippen LogP) is 3.59. The van der Waals surface area contributed by atoms with Crippen molar-refractivity contribution in [1.82, 2.24) is 0 Å². The normalized spacial score (nSPS) is 22.3. The van der Waals surface area contributed by atoms with E-state index in [1.165, 1.54) is 0 Å². The van der Waals surface area contributed by atoms with Crippen molar-refractivity contribution in [1.29, 1.82) is 0 Å². The Labute approximate surface area is 120 Å². The molecule has 1 fully saturated rings. The van der Waals surface area contributed by atoms with Crippen molar-refractivity contribution in [3.8, 4) is 5.75 Å². The molecule has 0 spiro atoms. The summed E-state index contributed by atoms with van der Waals surface area (Å²) in [5.41, 5.74) is 0.402. The summed E-state index contributed by atoms with van der Waals surface area (Å²) in [5, 5.41) is 0. The molecule has 0 bridgehead atoms. The first-order valence-electron chi connectivity index (χ1n) is 6.87. The highest BCUT2D eigenvalue weighted by atomic mass is 17.2. The summed E-state index contributed by atoms with van der Waals surface area (Å²) in [6.45, 7) is 5.66. The molecule has 4 nitrogen and oxygen atoms in total. The number of ether oxygens (including phenoxy) is 1. The van der Waals surface area contributed by atoms with E-state index in [1.807, 2.05) is 0 Å². The van der Waals surface area contributed by atoms with Gasteiger partial charge in [0, 0.05) is 0 Å². The Hall–Kier alpha value is -1.55. The molecule has 1 aliphatic carbocycles. The number of methoxy groups -OCH3 is 1. The summed E-state index contributed by atoms with van der Waals surface area (Å²) in [6.07, 6.45) is 4.25. The summed E-state index contributed by atoms with van der Waals surface area (Å²) in [4.78, 5) is 21.5. The van der Waals surface area contributed by atoms with Gasteiger partial charge < -0.3 is 4.74 Å². The van der Waals surface area contributed by atoms with Crippen LogP contribution in [-0.4, -0.2) is 13.1 Å². The van der Waals surface area contributed by atoms with E-state index < -0.39 is 5.97 Å². The van der Waals surface area contributed by atoms with Crippen LogP contribution < -0.4 is 4.74 Å². The van der Waals surface area contributed by atoms with Crippen LogP contribution in [-0.2, 0) is 9.78 Å². The van der Waals surface area contributed by atoms with E-state index in [-0.39, 0.29) is 0 Å². The molecule has 2 rings (SSSR count). The fourth-order valence-electron chi connectivity index (χ4n) is 2.27. The highest BCUT2D eigenvalue weighted by Gasteiger charge is 2.20. The molecular formula is C16H20O4. The van der Waals surface area contributed by atoms with Gasteiger partial charge in [0.25, 0.3) is 0 Å². The van der Waals surface area contributed by atoms with Crippen LogP contribution in [0.1, 0.15) is 36.0 Å². The Morgan fingerprint density at radius 1 is 1.30 bits per heavy atom. The predicted molar refractivity (Wildman–Crippen MR) is 74.6 cm³/mol. The second kappa shape index (κ2) is 7.29. The lowest BCUT2D eigenvalue weighted by molar-refractivity contribution is -0.220. The summed E-state index contributed by atoms with van der Waals surface area (Å²) in [6, 6.07) is 6.76. The Morgan fingerprint density at radius 2 is 2.05 bits per heavy atom. The van der Waals surface area contributed by atoms with Crippen LogP contribution in [0.3, 0.4) is 0 Å². The standard InChI is InChI=1S/C16H20O4/c1-12-6-8-13(9-7-12)11-19-20-16(17)14-4-3-5-15(10-14)18-2/h3-5,10-13H,1,6-9H2,2H3. The average molecular weight is 276 g/mol. The Bertz CT molecular complexity index is 436. The first kappa shape index (κ1) is 14.9. The lowest BCUT2D eigenvalue weighted by Gasteiger charge is -2.24. The molecule has 1 aromatic rings. The third-order valence-corrected chi connectivity index (χ3v) is 3.57.